The van der Waals surface area contributed by atoms with Crippen molar-refractivity contribution in [2.24, 2.45) is 11.8 Å². The molecule has 35 heavy (non-hydrogen) atoms. The van der Waals surface area contributed by atoms with Crippen LogP contribution in [0.4, 0.5) is 0 Å². The molecule has 188 valence electrons. The number of pyridine rings is 1. The number of aliphatic carboxylic acids is 1. The number of aromatic nitrogens is 2. The number of carboxylic acids is 1. The number of aliphatic hydroxyl groups is 1. The van der Waals surface area contributed by atoms with Crippen LogP contribution in [0.3, 0.4) is 0 Å². The van der Waals surface area contributed by atoms with Gasteiger partial charge in [0.25, 0.3) is 5.22 Å². The van der Waals surface area contributed by atoms with Crippen LogP contribution in [0.15, 0.2) is 52.6 Å². The number of hydrogen-bond donors (Lipinski definition) is 2. The molecule has 0 radical (unpaired) electrons. The van der Waals surface area contributed by atoms with E-state index < -0.39 is 12.1 Å². The summed E-state index contributed by atoms with van der Waals surface area (Å²) in [5, 5.41) is 21.9. The standard InChI is InChI=1S/C26H33N3O5S/c1-33-20-4-5-23-22(16-20)21(8-10-27-23)24(30)6-2-18-9-12-29(17-19(18)3-7-25(31)32)13-15-35-26-28-11-14-34-26/h4-5,8,10-11,14,16,18-19,24,30H,2-3,6-7,9,12-13,15,17H2,1H3,(H,31,32)/t18?,19?,24-/m0/s1. The van der Waals surface area contributed by atoms with Crippen LogP contribution in [0.2, 0.25) is 0 Å². The molecule has 4 rings (SSSR count). The van der Waals surface area contributed by atoms with Crippen molar-refractivity contribution < 1.29 is 24.2 Å². The van der Waals surface area contributed by atoms with Gasteiger partial charge < -0.3 is 24.3 Å². The van der Waals surface area contributed by atoms with Crippen molar-refractivity contribution in [2.75, 3.05) is 32.5 Å². The van der Waals surface area contributed by atoms with Crippen molar-refractivity contribution in [3.63, 3.8) is 0 Å². The van der Waals surface area contributed by atoms with Gasteiger partial charge >= 0.3 is 5.97 Å². The number of nitrogens with zero attached hydrogens (tertiary/aromatic N) is 3. The summed E-state index contributed by atoms with van der Waals surface area (Å²) in [6.07, 6.45) is 7.69. The van der Waals surface area contributed by atoms with Crippen molar-refractivity contribution >= 4 is 28.6 Å². The summed E-state index contributed by atoms with van der Waals surface area (Å²) in [4.78, 5) is 22.2. The molecule has 0 amide bonds. The minimum atomic E-state index is -0.752. The summed E-state index contributed by atoms with van der Waals surface area (Å²) in [7, 11) is 1.63. The van der Waals surface area contributed by atoms with Crippen LogP contribution >= 0.6 is 11.8 Å². The second-order valence-electron chi connectivity index (χ2n) is 9.06. The minimum Gasteiger partial charge on any atom is -0.497 e. The van der Waals surface area contributed by atoms with Gasteiger partial charge in [0.2, 0.25) is 0 Å². The number of piperidine rings is 1. The Hall–Kier alpha value is -2.62. The van der Waals surface area contributed by atoms with Crippen molar-refractivity contribution in [3.05, 3.63) is 48.5 Å². The first-order valence-electron chi connectivity index (χ1n) is 12.1. The number of thioether (sulfide) groups is 1. The van der Waals surface area contributed by atoms with Gasteiger partial charge in [-0.05, 0) is 73.9 Å². The minimum absolute atomic E-state index is 0.178. The lowest BCUT2D eigenvalue weighted by Crippen LogP contribution is -2.41. The average molecular weight is 500 g/mol. The molecule has 8 nitrogen and oxygen atoms in total. The maximum absolute atomic E-state index is 11.3. The van der Waals surface area contributed by atoms with Gasteiger partial charge in [-0.2, -0.15) is 0 Å². The fourth-order valence-electron chi connectivity index (χ4n) is 5.01. The first-order chi connectivity index (χ1) is 17.0. The van der Waals surface area contributed by atoms with Crippen LogP contribution in [-0.2, 0) is 4.79 Å². The molecule has 3 atom stereocenters. The van der Waals surface area contributed by atoms with Crippen molar-refractivity contribution in [2.45, 2.75) is 43.4 Å². The van der Waals surface area contributed by atoms with Gasteiger partial charge in [0, 0.05) is 36.8 Å². The molecule has 1 aliphatic rings. The third-order valence-corrected chi connectivity index (χ3v) is 7.73. The predicted molar refractivity (Wildman–Crippen MR) is 135 cm³/mol. The van der Waals surface area contributed by atoms with Crippen LogP contribution in [0.1, 0.15) is 43.8 Å². The van der Waals surface area contributed by atoms with Crippen molar-refractivity contribution in [3.8, 4) is 5.75 Å². The number of likely N-dealkylation sites (tertiary alicyclic amines) is 1. The predicted octanol–water partition coefficient (Wildman–Crippen LogP) is 4.64. The smallest absolute Gasteiger partial charge is 0.303 e. The molecule has 2 N–H and O–H groups in total. The number of fused-ring (bicyclic) bond motifs is 1. The van der Waals surface area contributed by atoms with Crippen LogP contribution in [0.25, 0.3) is 10.9 Å². The maximum Gasteiger partial charge on any atom is 0.303 e. The Morgan fingerprint density at radius 1 is 1.26 bits per heavy atom. The Morgan fingerprint density at radius 3 is 2.91 bits per heavy atom. The van der Waals surface area contributed by atoms with Crippen molar-refractivity contribution in [1.29, 1.82) is 0 Å². The third-order valence-electron chi connectivity index (χ3n) is 6.90. The quantitative estimate of drug-likeness (QED) is 0.344. The highest BCUT2D eigenvalue weighted by molar-refractivity contribution is 7.99. The van der Waals surface area contributed by atoms with E-state index in [1.807, 2.05) is 24.3 Å². The second kappa shape index (κ2) is 12.4. The van der Waals surface area contributed by atoms with Gasteiger partial charge in [-0.15, -0.1) is 0 Å². The van der Waals surface area contributed by atoms with E-state index in [0.717, 1.165) is 60.4 Å². The highest BCUT2D eigenvalue weighted by Gasteiger charge is 2.30. The molecule has 1 saturated heterocycles. The summed E-state index contributed by atoms with van der Waals surface area (Å²) in [6, 6.07) is 7.58. The Kier molecular flexibility index (Phi) is 9.01. The second-order valence-corrected chi connectivity index (χ2v) is 10.1. The number of rotatable bonds is 12. The molecule has 0 bridgehead atoms. The van der Waals surface area contributed by atoms with E-state index in [0.29, 0.717) is 29.9 Å². The lowest BCUT2D eigenvalue weighted by atomic mass is 9.79. The molecule has 1 aliphatic heterocycles. The molecule has 3 heterocycles. The summed E-state index contributed by atoms with van der Waals surface area (Å²) in [5.41, 5.74) is 1.69. The first kappa shape index (κ1) is 25.5. The van der Waals surface area contributed by atoms with E-state index in [4.69, 9.17) is 9.15 Å². The first-order valence-corrected chi connectivity index (χ1v) is 13.1. The van der Waals surface area contributed by atoms with E-state index in [-0.39, 0.29) is 6.42 Å². The summed E-state index contributed by atoms with van der Waals surface area (Å²) < 4.78 is 10.6. The molecular weight excluding hydrogens is 466 g/mol. The average Bonchev–Trinajstić information content (AvgIpc) is 3.39. The van der Waals surface area contributed by atoms with Gasteiger partial charge in [-0.1, -0.05) is 11.8 Å². The molecule has 9 heteroatoms. The zero-order valence-electron chi connectivity index (χ0n) is 20.0. The molecule has 0 saturated carbocycles. The normalized spacial score (nSPS) is 19.6. The van der Waals surface area contributed by atoms with Gasteiger partial charge in [0.05, 0.1) is 24.9 Å². The van der Waals surface area contributed by atoms with E-state index in [2.05, 4.69) is 14.9 Å². The van der Waals surface area contributed by atoms with Crippen LogP contribution < -0.4 is 4.74 Å². The largest absolute Gasteiger partial charge is 0.497 e. The number of oxazole rings is 1. The molecule has 0 spiro atoms. The number of hydrogen-bond acceptors (Lipinski definition) is 8. The summed E-state index contributed by atoms with van der Waals surface area (Å²) in [5.74, 6) is 1.56. The number of ether oxygens (including phenoxy) is 1. The fourth-order valence-corrected chi connectivity index (χ4v) is 5.79. The van der Waals surface area contributed by atoms with E-state index in [1.54, 1.807) is 37.5 Å². The monoisotopic (exact) mass is 499 g/mol. The van der Waals surface area contributed by atoms with Crippen LogP contribution in [-0.4, -0.2) is 63.5 Å². The molecule has 2 aromatic heterocycles. The van der Waals surface area contributed by atoms with Crippen LogP contribution in [0, 0.1) is 11.8 Å². The number of aliphatic hydroxyl groups excluding tert-OH is 1. The molecular formula is C26H33N3O5S. The zero-order valence-corrected chi connectivity index (χ0v) is 20.8. The van der Waals surface area contributed by atoms with E-state index >= 15 is 0 Å². The lowest BCUT2D eigenvalue weighted by Gasteiger charge is -2.39. The number of carboxylic acid groups (broad SMARTS) is 1. The lowest BCUT2D eigenvalue weighted by molar-refractivity contribution is -0.137. The van der Waals surface area contributed by atoms with E-state index in [1.165, 1.54) is 0 Å². The Morgan fingerprint density at radius 2 is 2.14 bits per heavy atom. The Labute approximate surface area is 209 Å². The SMILES string of the molecule is COc1ccc2nccc([C@@H](O)CCC3CCN(CCSc4ncco4)CC3CCC(=O)O)c2c1. The Bertz CT molecular complexity index is 1090. The molecule has 2 unspecified atom stereocenters. The summed E-state index contributed by atoms with van der Waals surface area (Å²) >= 11 is 1.60. The highest BCUT2D eigenvalue weighted by Crippen LogP contribution is 2.35. The van der Waals surface area contributed by atoms with Gasteiger partial charge in [0.15, 0.2) is 0 Å². The fraction of sp³-hybridized carbons (Fsp3) is 0.500. The van der Waals surface area contributed by atoms with Gasteiger partial charge in [-0.3, -0.25) is 9.78 Å². The zero-order chi connectivity index (χ0) is 24.6. The van der Waals surface area contributed by atoms with Gasteiger partial charge in [-0.25, -0.2) is 4.98 Å². The van der Waals surface area contributed by atoms with Crippen molar-refractivity contribution in [1.82, 2.24) is 14.9 Å². The molecule has 3 aromatic rings. The summed E-state index contributed by atoms with van der Waals surface area (Å²) in [6.45, 7) is 2.78. The van der Waals surface area contributed by atoms with Gasteiger partial charge in [0.1, 0.15) is 12.0 Å². The molecule has 0 aliphatic carbocycles. The Balaban J connectivity index is 1.36. The topological polar surface area (TPSA) is 109 Å². The molecule has 1 aromatic carbocycles. The molecule has 1 fully saturated rings. The van der Waals surface area contributed by atoms with E-state index in [9.17, 15) is 15.0 Å². The highest BCUT2D eigenvalue weighted by atomic mass is 32.2. The van der Waals surface area contributed by atoms with Crippen LogP contribution in [0.5, 0.6) is 5.75 Å². The number of methoxy groups -OCH3 is 1. The maximum atomic E-state index is 11.3. The third kappa shape index (κ3) is 6.96. The number of benzene rings is 1. The number of carbonyl (C=O) groups is 1.